The molecule has 1 spiro atoms. The van der Waals surface area contributed by atoms with Crippen LogP contribution in [0.3, 0.4) is 0 Å². The third-order valence-electron chi connectivity index (χ3n) is 8.23. The zero-order chi connectivity index (χ0) is 23.3. The van der Waals surface area contributed by atoms with Crippen molar-refractivity contribution in [3.8, 4) is 16.9 Å². The number of rotatable bonds is 7. The molecule has 0 amide bonds. The van der Waals surface area contributed by atoms with Crippen molar-refractivity contribution in [2.24, 2.45) is 5.92 Å². The summed E-state index contributed by atoms with van der Waals surface area (Å²) in [5.41, 5.74) is 3.36. The summed E-state index contributed by atoms with van der Waals surface area (Å²) in [5, 5.41) is 0. The van der Waals surface area contributed by atoms with E-state index >= 15 is 0 Å². The molecular formula is C28H37F3OSi. The van der Waals surface area contributed by atoms with Gasteiger partial charge in [-0.05, 0) is 53.5 Å². The van der Waals surface area contributed by atoms with Crippen molar-refractivity contribution in [2.75, 3.05) is 0 Å². The van der Waals surface area contributed by atoms with E-state index in [0.717, 1.165) is 17.0 Å². The molecule has 2 aromatic rings. The molecule has 0 bridgehead atoms. The molecule has 4 rings (SSSR count). The van der Waals surface area contributed by atoms with Gasteiger partial charge in [-0.25, -0.2) is 0 Å². The van der Waals surface area contributed by atoms with Crippen LogP contribution in [0.15, 0.2) is 48.5 Å². The van der Waals surface area contributed by atoms with Gasteiger partial charge < -0.3 is 4.74 Å². The van der Waals surface area contributed by atoms with Crippen molar-refractivity contribution < 1.29 is 17.9 Å². The Kier molecular flexibility index (Phi) is 7.88. The summed E-state index contributed by atoms with van der Waals surface area (Å²) in [4.78, 5) is 0. The number of ether oxygens (including phenoxy) is 1. The third-order valence-corrected chi connectivity index (χ3v) is 13.6. The van der Waals surface area contributed by atoms with Crippen molar-refractivity contribution in [3.05, 3.63) is 54.1 Å². The Hall–Kier alpha value is -1.75. The van der Waals surface area contributed by atoms with Crippen LogP contribution in [0.2, 0.25) is 24.2 Å². The molecule has 2 saturated heterocycles. The molecule has 0 radical (unpaired) electrons. The Morgan fingerprint density at radius 2 is 1.33 bits per heavy atom. The lowest BCUT2D eigenvalue weighted by atomic mass is 9.92. The molecule has 5 heteroatoms. The highest BCUT2D eigenvalue weighted by molar-refractivity contribution is 6.80. The first-order valence-electron chi connectivity index (χ1n) is 12.8. The van der Waals surface area contributed by atoms with Gasteiger partial charge in [-0.3, -0.25) is 0 Å². The maximum Gasteiger partial charge on any atom is 0.573 e. The van der Waals surface area contributed by atoms with Crippen LogP contribution in [0.5, 0.6) is 5.75 Å². The van der Waals surface area contributed by atoms with E-state index in [1.165, 1.54) is 81.2 Å². The molecule has 33 heavy (non-hydrogen) atoms. The number of hydrogen-bond acceptors (Lipinski definition) is 1. The summed E-state index contributed by atoms with van der Waals surface area (Å²) in [6.07, 6.45) is 6.66. The van der Waals surface area contributed by atoms with Gasteiger partial charge in [-0.1, -0.05) is 106 Å². The van der Waals surface area contributed by atoms with Crippen LogP contribution in [0.4, 0.5) is 13.2 Å². The predicted molar refractivity (Wildman–Crippen MR) is 132 cm³/mol. The van der Waals surface area contributed by atoms with E-state index in [1.54, 1.807) is 24.2 Å². The molecule has 0 aliphatic carbocycles. The lowest BCUT2D eigenvalue weighted by Crippen LogP contribution is -2.41. The number of halogens is 3. The lowest BCUT2D eigenvalue weighted by Gasteiger charge is -2.43. The van der Waals surface area contributed by atoms with Gasteiger partial charge in [0.1, 0.15) is 5.75 Å². The molecule has 0 N–H and O–H groups in total. The molecular weight excluding hydrogens is 437 g/mol. The quantitative estimate of drug-likeness (QED) is 0.287. The van der Waals surface area contributed by atoms with E-state index in [9.17, 15) is 13.2 Å². The first kappa shape index (κ1) is 24.4. The van der Waals surface area contributed by atoms with Crippen molar-refractivity contribution in [1.82, 2.24) is 0 Å². The summed E-state index contributed by atoms with van der Waals surface area (Å²) in [7, 11) is -1.01. The first-order valence-corrected chi connectivity index (χ1v) is 15.6. The summed E-state index contributed by atoms with van der Waals surface area (Å²) >= 11 is 0. The van der Waals surface area contributed by atoms with Gasteiger partial charge in [0, 0.05) is 0 Å². The van der Waals surface area contributed by atoms with E-state index in [0.29, 0.717) is 5.92 Å². The summed E-state index contributed by atoms with van der Waals surface area (Å²) in [6, 6.07) is 20.9. The van der Waals surface area contributed by atoms with E-state index in [4.69, 9.17) is 0 Å². The van der Waals surface area contributed by atoms with Crippen LogP contribution in [-0.2, 0) is 0 Å². The fraction of sp³-hybridized carbons (Fsp3) is 0.571. The fourth-order valence-corrected chi connectivity index (χ4v) is 11.6. The maximum atomic E-state index is 12.4. The van der Waals surface area contributed by atoms with Crippen LogP contribution in [0.1, 0.15) is 69.8 Å². The molecule has 2 aromatic carbocycles. The summed E-state index contributed by atoms with van der Waals surface area (Å²) < 4.78 is 41.0. The van der Waals surface area contributed by atoms with Crippen LogP contribution in [-0.4, -0.2) is 14.4 Å². The van der Waals surface area contributed by atoms with E-state index < -0.39 is 14.4 Å². The fourth-order valence-electron chi connectivity index (χ4n) is 6.12. The Bertz CT molecular complexity index is 858. The topological polar surface area (TPSA) is 9.23 Å². The molecule has 2 heterocycles. The Morgan fingerprint density at radius 3 is 1.88 bits per heavy atom. The largest absolute Gasteiger partial charge is 0.573 e. The molecule has 0 saturated carbocycles. The Labute approximate surface area is 197 Å². The minimum absolute atomic E-state index is 0.182. The second-order valence-electron chi connectivity index (χ2n) is 10.4. The molecule has 2 aliphatic rings. The first-order chi connectivity index (χ1) is 15.9. The minimum Gasteiger partial charge on any atom is -0.406 e. The molecule has 0 unspecified atom stereocenters. The normalized spacial score (nSPS) is 25.8. The Balaban J connectivity index is 1.28. The van der Waals surface area contributed by atoms with E-state index in [2.05, 4.69) is 35.9 Å². The van der Waals surface area contributed by atoms with Crippen molar-refractivity contribution in [2.45, 2.75) is 94.7 Å². The van der Waals surface area contributed by atoms with Crippen molar-refractivity contribution in [3.63, 3.8) is 0 Å². The van der Waals surface area contributed by atoms with Crippen molar-refractivity contribution in [1.29, 1.82) is 0 Å². The predicted octanol–water partition coefficient (Wildman–Crippen LogP) is 9.57. The highest BCUT2D eigenvalue weighted by Crippen LogP contribution is 2.47. The van der Waals surface area contributed by atoms with E-state index in [1.807, 2.05) is 0 Å². The zero-order valence-electron chi connectivity index (χ0n) is 19.8. The maximum absolute atomic E-state index is 12.4. The Morgan fingerprint density at radius 1 is 0.788 bits per heavy atom. The number of alkyl halides is 3. The van der Waals surface area contributed by atoms with Gasteiger partial charge >= 0.3 is 6.36 Å². The van der Waals surface area contributed by atoms with Crippen LogP contribution < -0.4 is 4.74 Å². The summed E-state index contributed by atoms with van der Waals surface area (Å²) in [6.45, 7) is 2.29. The second kappa shape index (κ2) is 10.7. The third kappa shape index (κ3) is 6.65. The van der Waals surface area contributed by atoms with Crippen LogP contribution >= 0.6 is 0 Å². The molecule has 2 aliphatic heterocycles. The van der Waals surface area contributed by atoms with E-state index in [-0.39, 0.29) is 5.75 Å². The average molecular weight is 475 g/mol. The zero-order valence-corrected chi connectivity index (χ0v) is 20.8. The standard InChI is InChI=1S/C28H37F3OSi/c1-2-3-4-5-22-14-18-33(19-15-22)20-16-26(17-21-33)24-8-6-23(7-9-24)25-10-12-27(13-11-25)32-28(29,30)31/h6-13,22,26H,2-5,14-21H2,1H3. The highest BCUT2D eigenvalue weighted by atomic mass is 28.3. The smallest absolute Gasteiger partial charge is 0.406 e. The molecule has 0 atom stereocenters. The van der Waals surface area contributed by atoms with Gasteiger partial charge in [-0.2, -0.15) is 0 Å². The SMILES string of the molecule is CCCCCC1CC[Si]2(CC1)CCC(c1ccc(-c3ccc(OC(F)(F)F)cc3)cc1)CC2. The lowest BCUT2D eigenvalue weighted by molar-refractivity contribution is -0.274. The number of unbranched alkanes of at least 4 members (excludes halogenated alkanes) is 2. The molecule has 0 aromatic heterocycles. The molecule has 180 valence electrons. The second-order valence-corrected chi connectivity index (χ2v) is 15.4. The van der Waals surface area contributed by atoms with Gasteiger partial charge in [0.05, 0.1) is 8.07 Å². The van der Waals surface area contributed by atoms with Crippen molar-refractivity contribution >= 4 is 8.07 Å². The minimum atomic E-state index is -4.65. The van der Waals surface area contributed by atoms with Gasteiger partial charge in [-0.15, -0.1) is 13.2 Å². The number of benzene rings is 2. The van der Waals surface area contributed by atoms with Crippen LogP contribution in [0.25, 0.3) is 11.1 Å². The average Bonchev–Trinajstić information content (AvgIpc) is 2.81. The van der Waals surface area contributed by atoms with Gasteiger partial charge in [0.15, 0.2) is 0 Å². The summed E-state index contributed by atoms with van der Waals surface area (Å²) in [5.74, 6) is 1.49. The molecule has 2 fully saturated rings. The highest BCUT2D eigenvalue weighted by Gasteiger charge is 2.40. The molecule has 1 nitrogen and oxygen atoms in total. The van der Waals surface area contributed by atoms with Crippen LogP contribution in [0, 0.1) is 5.92 Å². The van der Waals surface area contributed by atoms with Gasteiger partial charge in [0.25, 0.3) is 0 Å². The monoisotopic (exact) mass is 474 g/mol. The number of hydrogen-bond donors (Lipinski definition) is 0. The van der Waals surface area contributed by atoms with Gasteiger partial charge in [0.2, 0.25) is 0 Å².